The summed E-state index contributed by atoms with van der Waals surface area (Å²) in [5.74, 6) is 0. The topological polar surface area (TPSA) is 8.17 Å². The van der Waals surface area contributed by atoms with Gasteiger partial charge in [0.2, 0.25) is 0 Å². The highest BCUT2D eigenvalue weighted by Gasteiger charge is 2.36. The lowest BCUT2D eigenvalue weighted by Crippen LogP contribution is -2.16. The van der Waals surface area contributed by atoms with Crippen LogP contribution in [0.3, 0.4) is 0 Å². The van der Waals surface area contributed by atoms with Gasteiger partial charge in [0, 0.05) is 38.9 Å². The smallest absolute Gasteiger partial charge is 0.0541 e. The molecule has 1 aliphatic rings. The van der Waals surface area contributed by atoms with Gasteiger partial charge in [-0.3, -0.25) is 0 Å². The Morgan fingerprint density at radius 2 is 0.840 bits per heavy atom. The van der Waals surface area contributed by atoms with Crippen molar-refractivity contribution in [3.8, 4) is 61.3 Å². The molecule has 81 heavy (non-hydrogen) atoms. The number of aryl methyl sites for hydroxylation is 3. The van der Waals surface area contributed by atoms with Crippen LogP contribution in [0.25, 0.3) is 83.1 Å². The largest absolute Gasteiger partial charge is 0.310 e. The van der Waals surface area contributed by atoms with Gasteiger partial charge in [0.25, 0.3) is 0 Å². The summed E-state index contributed by atoms with van der Waals surface area (Å²) in [6.45, 7) is 11.5. The molecular weight excluding hydrogens is 977 g/mol. The van der Waals surface area contributed by atoms with E-state index in [1.807, 2.05) is 0 Å². The number of nitrogens with zero attached hydrogens (tertiary/aromatic N) is 2. The van der Waals surface area contributed by atoms with Gasteiger partial charge in [-0.25, -0.2) is 0 Å². The van der Waals surface area contributed by atoms with Crippen LogP contribution in [-0.4, -0.2) is 4.57 Å². The minimum absolute atomic E-state index is 0.109. The first-order chi connectivity index (χ1) is 39.7. The number of fused-ring (bicyclic) bond motifs is 6. The maximum absolute atomic E-state index is 2.47. The van der Waals surface area contributed by atoms with Crippen LogP contribution in [0.5, 0.6) is 0 Å². The molecule has 0 spiro atoms. The van der Waals surface area contributed by atoms with Crippen molar-refractivity contribution in [1.82, 2.24) is 4.57 Å². The molecule has 0 amide bonds. The van der Waals surface area contributed by atoms with Crippen LogP contribution in [0.2, 0.25) is 0 Å². The quantitative estimate of drug-likeness (QED) is 0.0651. The van der Waals surface area contributed by atoms with Crippen LogP contribution in [0, 0.1) is 13.8 Å². The number of unbranched alkanes of at least 4 members (excludes halogenated alkanes) is 11. The standard InChI is InChI=1S/C79H78N2/c1-6-7-8-9-10-11-12-13-14-15-16-18-25-58-32-34-62(35-33-58)64-48-56(2)49-65(52-64)66-50-57(3)51-70(53-66)81-77-31-24-22-29-73(77)74-54-63(40-47-78(74)81)61-38-43-68(44-39-61)80(67-41-36-60(37-42-67)59-26-19-17-20-27-59)69-45-46-72-71-28-21-23-30-75(71)79(4,5)76(72)55-69/h17,19-24,26-55H,6-16,18,25H2,1-5H3. The van der Waals surface area contributed by atoms with E-state index in [2.05, 4.69) is 269 Å². The molecule has 11 aromatic rings. The Morgan fingerprint density at radius 1 is 0.346 bits per heavy atom. The molecule has 10 aromatic carbocycles. The second-order valence-corrected chi connectivity index (χ2v) is 23.8. The van der Waals surface area contributed by atoms with Gasteiger partial charge in [-0.05, 0) is 183 Å². The summed E-state index contributed by atoms with van der Waals surface area (Å²) in [6.07, 6.45) is 17.8. The fraction of sp³-hybridized carbons (Fsp3) is 0.241. The molecule has 0 aliphatic heterocycles. The zero-order valence-electron chi connectivity index (χ0n) is 48.4. The Bertz CT molecular complexity index is 3950. The van der Waals surface area contributed by atoms with Crippen molar-refractivity contribution in [2.75, 3.05) is 4.90 Å². The molecule has 0 saturated heterocycles. The summed E-state index contributed by atoms with van der Waals surface area (Å²) in [5, 5.41) is 2.50. The minimum atomic E-state index is -0.109. The molecule has 0 saturated carbocycles. The van der Waals surface area contributed by atoms with Crippen molar-refractivity contribution in [3.63, 3.8) is 0 Å². The van der Waals surface area contributed by atoms with E-state index in [9.17, 15) is 0 Å². The molecule has 0 bridgehead atoms. The number of para-hydroxylation sites is 1. The third-order valence-electron chi connectivity index (χ3n) is 17.5. The second kappa shape index (κ2) is 23.9. The Labute approximate surface area is 482 Å². The zero-order chi connectivity index (χ0) is 55.3. The molecule has 0 unspecified atom stereocenters. The van der Waals surface area contributed by atoms with Crippen molar-refractivity contribution >= 4 is 38.9 Å². The molecule has 12 rings (SSSR count). The molecule has 1 aromatic heterocycles. The normalized spacial score (nSPS) is 12.5. The van der Waals surface area contributed by atoms with Crippen LogP contribution in [-0.2, 0) is 11.8 Å². The highest BCUT2D eigenvalue weighted by Crippen LogP contribution is 2.51. The third kappa shape index (κ3) is 11.3. The minimum Gasteiger partial charge on any atom is -0.310 e. The molecule has 404 valence electrons. The number of hydrogen-bond donors (Lipinski definition) is 0. The molecular formula is C79H78N2. The van der Waals surface area contributed by atoms with Gasteiger partial charge < -0.3 is 9.47 Å². The Balaban J connectivity index is 0.797. The molecule has 0 fully saturated rings. The predicted octanol–water partition coefficient (Wildman–Crippen LogP) is 23.1. The van der Waals surface area contributed by atoms with E-state index in [-0.39, 0.29) is 5.41 Å². The summed E-state index contributed by atoms with van der Waals surface area (Å²) in [7, 11) is 0. The average molecular weight is 1060 g/mol. The summed E-state index contributed by atoms with van der Waals surface area (Å²) in [5.41, 5.74) is 26.1. The van der Waals surface area contributed by atoms with Crippen molar-refractivity contribution < 1.29 is 0 Å². The maximum Gasteiger partial charge on any atom is 0.0541 e. The van der Waals surface area contributed by atoms with E-state index in [1.54, 1.807) is 0 Å². The van der Waals surface area contributed by atoms with Gasteiger partial charge in [-0.2, -0.15) is 0 Å². The summed E-state index contributed by atoms with van der Waals surface area (Å²) in [4.78, 5) is 2.42. The van der Waals surface area contributed by atoms with E-state index in [1.165, 1.54) is 188 Å². The fourth-order valence-electron chi connectivity index (χ4n) is 13.2. The molecule has 0 atom stereocenters. The maximum atomic E-state index is 2.47. The van der Waals surface area contributed by atoms with Crippen LogP contribution in [0.4, 0.5) is 17.1 Å². The van der Waals surface area contributed by atoms with Crippen LogP contribution >= 0.6 is 0 Å². The van der Waals surface area contributed by atoms with Gasteiger partial charge in [-0.15, -0.1) is 0 Å². The van der Waals surface area contributed by atoms with Gasteiger partial charge in [-0.1, -0.05) is 243 Å². The van der Waals surface area contributed by atoms with E-state index in [4.69, 9.17) is 0 Å². The lowest BCUT2D eigenvalue weighted by molar-refractivity contribution is 0.544. The Hall–Kier alpha value is -8.20. The van der Waals surface area contributed by atoms with Crippen molar-refractivity contribution in [2.45, 2.75) is 124 Å². The first kappa shape index (κ1) is 53.4. The molecule has 0 radical (unpaired) electrons. The van der Waals surface area contributed by atoms with E-state index in [0.717, 1.165) is 23.5 Å². The summed E-state index contributed by atoms with van der Waals surface area (Å²) >= 11 is 0. The van der Waals surface area contributed by atoms with Crippen LogP contribution in [0.1, 0.15) is 126 Å². The summed E-state index contributed by atoms with van der Waals surface area (Å²) < 4.78 is 2.47. The van der Waals surface area contributed by atoms with E-state index < -0.39 is 0 Å². The van der Waals surface area contributed by atoms with Gasteiger partial charge in [0.05, 0.1) is 11.0 Å². The lowest BCUT2D eigenvalue weighted by Gasteiger charge is -2.28. The second-order valence-electron chi connectivity index (χ2n) is 23.8. The van der Waals surface area contributed by atoms with Crippen molar-refractivity contribution in [2.24, 2.45) is 0 Å². The van der Waals surface area contributed by atoms with Crippen molar-refractivity contribution in [3.05, 3.63) is 252 Å². The monoisotopic (exact) mass is 1050 g/mol. The zero-order valence-corrected chi connectivity index (χ0v) is 48.4. The van der Waals surface area contributed by atoms with Crippen molar-refractivity contribution in [1.29, 1.82) is 0 Å². The molecule has 1 heterocycles. The third-order valence-corrected chi connectivity index (χ3v) is 17.5. The molecule has 2 nitrogen and oxygen atoms in total. The molecule has 1 aliphatic carbocycles. The van der Waals surface area contributed by atoms with E-state index in [0.29, 0.717) is 0 Å². The summed E-state index contributed by atoms with van der Waals surface area (Å²) in [6, 6.07) is 84.3. The molecule has 2 heteroatoms. The number of aromatic nitrogens is 1. The number of benzene rings is 10. The Kier molecular flexibility index (Phi) is 15.7. The van der Waals surface area contributed by atoms with Gasteiger partial charge in [0.15, 0.2) is 0 Å². The molecule has 0 N–H and O–H groups in total. The van der Waals surface area contributed by atoms with Gasteiger partial charge in [0.1, 0.15) is 0 Å². The number of rotatable bonds is 21. The van der Waals surface area contributed by atoms with Crippen LogP contribution < -0.4 is 4.90 Å². The average Bonchev–Trinajstić information content (AvgIpc) is 3.63. The number of anilines is 3. The fourth-order valence-corrected chi connectivity index (χ4v) is 13.2. The number of hydrogen-bond acceptors (Lipinski definition) is 1. The van der Waals surface area contributed by atoms with Crippen LogP contribution in [0.15, 0.2) is 224 Å². The first-order valence-corrected chi connectivity index (χ1v) is 30.4. The highest BCUT2D eigenvalue weighted by atomic mass is 15.1. The highest BCUT2D eigenvalue weighted by molar-refractivity contribution is 6.10. The SMILES string of the molecule is CCCCCCCCCCCCCCc1ccc(-c2cc(C)cc(-c3cc(C)cc(-n4c5ccccc5c5cc(-c6ccc(N(c7ccc(-c8ccccc8)cc7)c7ccc8c(c7)C(C)(C)c7ccccc7-8)cc6)ccc54)c3)c2)cc1. The predicted molar refractivity (Wildman–Crippen MR) is 349 cm³/mol. The van der Waals surface area contributed by atoms with E-state index >= 15 is 0 Å². The lowest BCUT2D eigenvalue weighted by atomic mass is 9.82. The van der Waals surface area contributed by atoms with Gasteiger partial charge >= 0.3 is 0 Å². The Morgan fingerprint density at radius 3 is 1.53 bits per heavy atom. The first-order valence-electron chi connectivity index (χ1n) is 30.4.